The summed E-state index contributed by atoms with van der Waals surface area (Å²) in [5.74, 6) is 0.464. The van der Waals surface area contributed by atoms with Crippen LogP contribution in [0.2, 0.25) is 0 Å². The molecule has 76 heavy (non-hydrogen) atoms. The van der Waals surface area contributed by atoms with Crippen molar-refractivity contribution >= 4 is 39.6 Å². The zero-order valence-corrected chi connectivity index (χ0v) is 45.7. The van der Waals surface area contributed by atoms with Crippen LogP contribution in [-0.4, -0.2) is 11.6 Å². The number of hydrogen-bond acceptors (Lipinski definition) is 4. The predicted molar refractivity (Wildman–Crippen MR) is 327 cm³/mol. The Morgan fingerprint density at radius 2 is 1.30 bits per heavy atom. The van der Waals surface area contributed by atoms with Gasteiger partial charge in [-0.1, -0.05) is 157 Å². The van der Waals surface area contributed by atoms with Crippen molar-refractivity contribution in [3.63, 3.8) is 0 Å². The average molecular weight is 997 g/mol. The molecule has 1 saturated carbocycles. The molecule has 3 atom stereocenters. The zero-order valence-electron chi connectivity index (χ0n) is 45.7. The molecular formula is C72H76N4. The molecule has 0 spiro atoms. The number of anilines is 5. The topological polar surface area (TPSA) is 30.5 Å². The summed E-state index contributed by atoms with van der Waals surface area (Å²) in [6, 6.07) is 47.0. The van der Waals surface area contributed by atoms with Crippen molar-refractivity contribution in [2.75, 3.05) is 15.1 Å². The van der Waals surface area contributed by atoms with Crippen LogP contribution in [0, 0.1) is 19.8 Å². The van der Waals surface area contributed by atoms with E-state index in [0.717, 1.165) is 62.8 Å². The third-order valence-electron chi connectivity index (χ3n) is 15.5. The first kappa shape index (κ1) is 51.7. The molecule has 0 aromatic heterocycles. The molecule has 6 aliphatic rings. The van der Waals surface area contributed by atoms with Crippen molar-refractivity contribution < 1.29 is 0 Å². The fraction of sp³-hybridized carbons (Fsp3) is 0.250. The Kier molecular flexibility index (Phi) is 16.2. The van der Waals surface area contributed by atoms with Gasteiger partial charge in [0, 0.05) is 63.9 Å². The lowest BCUT2D eigenvalue weighted by atomic mass is 9.88. The number of para-hydroxylation sites is 1. The van der Waals surface area contributed by atoms with Crippen molar-refractivity contribution in [3.05, 3.63) is 280 Å². The monoisotopic (exact) mass is 997 g/mol. The van der Waals surface area contributed by atoms with Crippen LogP contribution in [0.1, 0.15) is 108 Å². The molecule has 0 bridgehead atoms. The van der Waals surface area contributed by atoms with E-state index < -0.39 is 0 Å². The van der Waals surface area contributed by atoms with E-state index >= 15 is 0 Å². The second-order valence-electron chi connectivity index (χ2n) is 21.7. The van der Waals surface area contributed by atoms with Crippen molar-refractivity contribution in [3.8, 4) is 0 Å². The molecule has 4 nitrogen and oxygen atoms in total. The van der Waals surface area contributed by atoms with Gasteiger partial charge in [0.1, 0.15) is 0 Å². The van der Waals surface area contributed by atoms with Crippen molar-refractivity contribution in [2.45, 2.75) is 111 Å². The van der Waals surface area contributed by atoms with E-state index in [4.69, 9.17) is 0 Å². The van der Waals surface area contributed by atoms with Crippen molar-refractivity contribution in [2.24, 2.45) is 5.92 Å². The van der Waals surface area contributed by atoms with Gasteiger partial charge in [0.25, 0.3) is 0 Å². The molecular weight excluding hydrogens is 921 g/mol. The highest BCUT2D eigenvalue weighted by molar-refractivity contribution is 5.82. The lowest BCUT2D eigenvalue weighted by Crippen LogP contribution is -2.34. The van der Waals surface area contributed by atoms with Gasteiger partial charge in [0.2, 0.25) is 0 Å². The maximum absolute atomic E-state index is 3.68. The minimum atomic E-state index is -0.0300. The molecule has 0 saturated heterocycles. The summed E-state index contributed by atoms with van der Waals surface area (Å²) >= 11 is 0. The summed E-state index contributed by atoms with van der Waals surface area (Å²) in [6.07, 6.45) is 44.6. The molecule has 5 aromatic carbocycles. The van der Waals surface area contributed by atoms with Gasteiger partial charge in [-0.2, -0.15) is 0 Å². The second-order valence-corrected chi connectivity index (χ2v) is 21.7. The summed E-state index contributed by atoms with van der Waals surface area (Å²) < 4.78 is 0. The minimum absolute atomic E-state index is 0.0300. The van der Waals surface area contributed by atoms with E-state index in [-0.39, 0.29) is 5.54 Å². The van der Waals surface area contributed by atoms with Gasteiger partial charge < -0.3 is 20.4 Å². The number of allylic oxidation sites excluding steroid dienone is 18. The van der Waals surface area contributed by atoms with Crippen molar-refractivity contribution in [1.29, 1.82) is 0 Å². The van der Waals surface area contributed by atoms with Gasteiger partial charge in [-0.15, -0.1) is 0 Å². The first-order chi connectivity index (χ1) is 37.1. The van der Waals surface area contributed by atoms with Gasteiger partial charge in [-0.05, 0) is 210 Å². The predicted octanol–water partition coefficient (Wildman–Crippen LogP) is 19.2. The lowest BCUT2D eigenvalue weighted by Gasteiger charge is -2.35. The largest absolute Gasteiger partial charge is 0.382 e. The van der Waals surface area contributed by atoms with Crippen molar-refractivity contribution in [1.82, 2.24) is 5.32 Å². The molecule has 0 aliphatic heterocycles. The molecule has 0 radical (unpaired) electrons. The Bertz CT molecular complexity index is 3240. The van der Waals surface area contributed by atoms with Gasteiger partial charge in [0.15, 0.2) is 0 Å². The SMILES string of the molecule is C/C=C(\C=C(C)C)Nc1ccc(C2=CCC(NC3=CCCC=CC3)C=C2)cc1.CC1=CC=C(C2=CC=C(N(c3ccccc3)c3ccc(C4=CC5CC5(N(c5cccc(C)c5)c5cccc(C)c5)C=C4)cc3)CC2)CC1. The molecule has 4 heteroatoms. The van der Waals surface area contributed by atoms with Gasteiger partial charge >= 0.3 is 0 Å². The minimum Gasteiger partial charge on any atom is -0.382 e. The second kappa shape index (κ2) is 23.8. The van der Waals surface area contributed by atoms with Crippen LogP contribution in [0.15, 0.2) is 258 Å². The number of benzene rings is 5. The highest BCUT2D eigenvalue weighted by atomic mass is 15.2. The average Bonchev–Trinajstić information content (AvgIpc) is 4.29. The quantitative estimate of drug-likeness (QED) is 0.0857. The number of rotatable bonds is 14. The Morgan fingerprint density at radius 1 is 0.632 bits per heavy atom. The summed E-state index contributed by atoms with van der Waals surface area (Å²) in [7, 11) is 0. The number of fused-ring (bicyclic) bond motifs is 1. The number of nitrogens with zero attached hydrogens (tertiary/aromatic N) is 2. The highest BCUT2D eigenvalue weighted by Gasteiger charge is 2.57. The van der Waals surface area contributed by atoms with E-state index in [0.29, 0.717) is 12.0 Å². The van der Waals surface area contributed by atoms with Crippen LogP contribution in [0.3, 0.4) is 0 Å². The summed E-state index contributed by atoms with van der Waals surface area (Å²) in [5.41, 5.74) is 23.3. The summed E-state index contributed by atoms with van der Waals surface area (Å²) in [5, 5.41) is 7.15. The van der Waals surface area contributed by atoms with Gasteiger partial charge in [-0.3, -0.25) is 0 Å². The maximum Gasteiger partial charge on any atom is 0.0707 e. The Labute approximate surface area is 454 Å². The van der Waals surface area contributed by atoms with Crippen LogP contribution < -0.4 is 20.4 Å². The lowest BCUT2D eigenvalue weighted by molar-refractivity contribution is 0.661. The first-order valence-corrected chi connectivity index (χ1v) is 27.8. The molecule has 0 amide bonds. The molecule has 5 aromatic rings. The normalized spacial score (nSPS) is 20.6. The Balaban J connectivity index is 0.000000200. The van der Waals surface area contributed by atoms with Crippen LogP contribution in [-0.2, 0) is 0 Å². The Morgan fingerprint density at radius 3 is 1.92 bits per heavy atom. The van der Waals surface area contributed by atoms with Crippen LogP contribution in [0.25, 0.3) is 11.1 Å². The third-order valence-corrected chi connectivity index (χ3v) is 15.5. The molecule has 0 heterocycles. The van der Waals surface area contributed by atoms with E-state index in [2.05, 4.69) is 281 Å². The smallest absolute Gasteiger partial charge is 0.0707 e. The molecule has 6 aliphatic carbocycles. The highest BCUT2D eigenvalue weighted by Crippen LogP contribution is 2.58. The molecule has 11 rings (SSSR count). The third kappa shape index (κ3) is 12.5. The number of nitrogens with one attached hydrogen (secondary N) is 2. The standard InChI is InChI=1S/C46H44N2.C26H32N2/c1-33-15-17-36(18-16-33)37-19-23-42(24-20-37)47(41-11-5-4-6-12-41)43-25-21-38(22-26-43)39-27-28-46(32-40(46)31-39)48(44-13-7-9-34(2)29-44)45-14-8-10-35(3)30-45;1-4-23(19-20(2)3)27-25-15-11-21(12-16-25)22-13-17-26(18-14-22)28-24-9-7-5-6-8-10-24/h4-15,17,19,21-23,25-31,40H,16,18,20,24,32H2,1-3H3;4-5,7,10-17,19,26-28H,6,8-9,18H2,1-3H3/b;23-4+. The fourth-order valence-corrected chi connectivity index (χ4v) is 11.3. The Hall–Kier alpha value is -7.82. The summed E-state index contributed by atoms with van der Waals surface area (Å²) in [6.45, 7) is 12.9. The van der Waals surface area contributed by atoms with E-state index in [1.54, 1.807) is 0 Å². The van der Waals surface area contributed by atoms with E-state index in [1.165, 1.54) is 96.3 Å². The van der Waals surface area contributed by atoms with Gasteiger partial charge in [-0.25, -0.2) is 0 Å². The molecule has 1 fully saturated rings. The zero-order chi connectivity index (χ0) is 52.4. The number of aryl methyl sites for hydroxylation is 2. The van der Waals surface area contributed by atoms with Crippen LogP contribution >= 0.6 is 0 Å². The van der Waals surface area contributed by atoms with Crippen LogP contribution in [0.4, 0.5) is 28.4 Å². The first-order valence-electron chi connectivity index (χ1n) is 27.8. The molecule has 3 unspecified atom stereocenters. The number of hydrogen-bond donors (Lipinski definition) is 2. The molecule has 2 N–H and O–H groups in total. The maximum atomic E-state index is 3.68. The fourth-order valence-electron chi connectivity index (χ4n) is 11.3. The van der Waals surface area contributed by atoms with E-state index in [1.807, 2.05) is 0 Å². The van der Waals surface area contributed by atoms with Crippen LogP contribution in [0.5, 0.6) is 0 Å². The summed E-state index contributed by atoms with van der Waals surface area (Å²) in [4.78, 5) is 5.01. The van der Waals surface area contributed by atoms with Gasteiger partial charge in [0.05, 0.1) is 5.54 Å². The van der Waals surface area contributed by atoms with E-state index in [9.17, 15) is 0 Å². The molecule has 384 valence electrons.